The van der Waals surface area contributed by atoms with Crippen LogP contribution in [0.4, 0.5) is 4.79 Å². The summed E-state index contributed by atoms with van der Waals surface area (Å²) >= 11 is 0. The Morgan fingerprint density at radius 3 is 2.47 bits per heavy atom. The molecule has 0 spiro atoms. The standard InChI is InChI=1S/C13H24N2O4/c1-8(2)11(12(16)17)14-13(18)15-6-5-10(19-4)7-9(15)3/h8-11H,5-7H2,1-4H3,(H,14,18)(H,16,17)/t9?,10?,11-/m1/s1. The molecule has 110 valence electrons. The number of rotatable bonds is 4. The Kier molecular flexibility index (Phi) is 5.60. The second-order valence-corrected chi connectivity index (χ2v) is 5.43. The van der Waals surface area contributed by atoms with Crippen molar-refractivity contribution in [2.75, 3.05) is 13.7 Å². The zero-order chi connectivity index (χ0) is 14.6. The summed E-state index contributed by atoms with van der Waals surface area (Å²) < 4.78 is 5.29. The van der Waals surface area contributed by atoms with Crippen molar-refractivity contribution in [3.8, 4) is 0 Å². The smallest absolute Gasteiger partial charge is 0.326 e. The second kappa shape index (κ2) is 6.75. The van der Waals surface area contributed by atoms with E-state index >= 15 is 0 Å². The van der Waals surface area contributed by atoms with Gasteiger partial charge in [-0.1, -0.05) is 13.8 Å². The fourth-order valence-corrected chi connectivity index (χ4v) is 2.37. The van der Waals surface area contributed by atoms with Crippen LogP contribution in [0.1, 0.15) is 33.6 Å². The molecule has 1 fully saturated rings. The van der Waals surface area contributed by atoms with Gasteiger partial charge in [-0.25, -0.2) is 9.59 Å². The number of carboxylic acids is 1. The molecular formula is C13H24N2O4. The fraction of sp³-hybridized carbons (Fsp3) is 0.846. The number of aliphatic carboxylic acids is 1. The van der Waals surface area contributed by atoms with E-state index in [1.165, 1.54) is 0 Å². The lowest BCUT2D eigenvalue weighted by Gasteiger charge is -2.37. The third-order valence-electron chi connectivity index (χ3n) is 3.63. The minimum atomic E-state index is -0.997. The van der Waals surface area contributed by atoms with Crippen LogP contribution in [0.15, 0.2) is 0 Å². The number of piperidine rings is 1. The van der Waals surface area contributed by atoms with Crippen LogP contribution in [-0.2, 0) is 9.53 Å². The SMILES string of the molecule is COC1CCN(C(=O)N[C@@H](C(=O)O)C(C)C)C(C)C1. The van der Waals surface area contributed by atoms with Crippen molar-refractivity contribution in [1.29, 1.82) is 0 Å². The second-order valence-electron chi connectivity index (χ2n) is 5.43. The highest BCUT2D eigenvalue weighted by atomic mass is 16.5. The molecule has 1 saturated heterocycles. The Morgan fingerprint density at radius 1 is 1.42 bits per heavy atom. The van der Waals surface area contributed by atoms with Gasteiger partial charge in [0, 0.05) is 19.7 Å². The molecule has 6 heteroatoms. The molecule has 3 atom stereocenters. The number of hydrogen-bond donors (Lipinski definition) is 2. The van der Waals surface area contributed by atoms with Gasteiger partial charge < -0.3 is 20.1 Å². The molecule has 0 aromatic heterocycles. The van der Waals surface area contributed by atoms with Crippen LogP contribution in [0.25, 0.3) is 0 Å². The van der Waals surface area contributed by atoms with Crippen molar-refractivity contribution in [2.24, 2.45) is 5.92 Å². The van der Waals surface area contributed by atoms with E-state index in [0.717, 1.165) is 12.8 Å². The van der Waals surface area contributed by atoms with Crippen LogP contribution in [-0.4, -0.2) is 53.8 Å². The van der Waals surface area contributed by atoms with Crippen molar-refractivity contribution in [1.82, 2.24) is 10.2 Å². The van der Waals surface area contributed by atoms with Gasteiger partial charge in [-0.05, 0) is 25.7 Å². The van der Waals surface area contributed by atoms with Gasteiger partial charge in [0.25, 0.3) is 0 Å². The molecule has 2 amide bonds. The number of carbonyl (C=O) groups excluding carboxylic acids is 1. The topological polar surface area (TPSA) is 78.9 Å². The number of ether oxygens (including phenoxy) is 1. The van der Waals surface area contributed by atoms with Gasteiger partial charge in [0.15, 0.2) is 0 Å². The molecule has 1 rings (SSSR count). The molecule has 2 N–H and O–H groups in total. The summed E-state index contributed by atoms with van der Waals surface area (Å²) in [6, 6.07) is -1.09. The van der Waals surface area contributed by atoms with E-state index in [1.807, 2.05) is 6.92 Å². The van der Waals surface area contributed by atoms with Crippen LogP contribution in [0.5, 0.6) is 0 Å². The maximum Gasteiger partial charge on any atom is 0.326 e. The van der Waals surface area contributed by atoms with E-state index in [0.29, 0.717) is 6.54 Å². The van der Waals surface area contributed by atoms with E-state index in [-0.39, 0.29) is 24.1 Å². The normalized spacial score (nSPS) is 25.2. The highest BCUT2D eigenvalue weighted by Gasteiger charge is 2.31. The van der Waals surface area contributed by atoms with Crippen LogP contribution < -0.4 is 5.32 Å². The molecule has 0 aromatic rings. The number of amides is 2. The van der Waals surface area contributed by atoms with E-state index < -0.39 is 12.0 Å². The van der Waals surface area contributed by atoms with Crippen LogP contribution in [0.2, 0.25) is 0 Å². The molecule has 0 bridgehead atoms. The summed E-state index contributed by atoms with van der Waals surface area (Å²) in [5, 5.41) is 11.7. The summed E-state index contributed by atoms with van der Waals surface area (Å²) in [6.45, 7) is 6.10. The minimum Gasteiger partial charge on any atom is -0.480 e. The summed E-state index contributed by atoms with van der Waals surface area (Å²) in [7, 11) is 1.67. The van der Waals surface area contributed by atoms with Gasteiger partial charge in [-0.2, -0.15) is 0 Å². The highest BCUT2D eigenvalue weighted by Crippen LogP contribution is 2.19. The Bertz CT molecular complexity index is 333. The quantitative estimate of drug-likeness (QED) is 0.808. The van der Waals surface area contributed by atoms with Crippen LogP contribution in [0, 0.1) is 5.92 Å². The number of likely N-dealkylation sites (tertiary alicyclic amines) is 1. The predicted octanol–water partition coefficient (Wildman–Crippen LogP) is 1.30. The molecule has 6 nitrogen and oxygen atoms in total. The van der Waals surface area contributed by atoms with Gasteiger partial charge in [-0.15, -0.1) is 0 Å². The number of urea groups is 1. The Hall–Kier alpha value is -1.30. The summed E-state index contributed by atoms with van der Waals surface area (Å²) in [6.07, 6.45) is 1.75. The largest absolute Gasteiger partial charge is 0.480 e. The number of nitrogens with zero attached hydrogens (tertiary/aromatic N) is 1. The molecule has 1 aliphatic rings. The number of methoxy groups -OCH3 is 1. The number of nitrogens with one attached hydrogen (secondary N) is 1. The number of hydrogen-bond acceptors (Lipinski definition) is 3. The molecule has 0 saturated carbocycles. The Morgan fingerprint density at radius 2 is 2.05 bits per heavy atom. The first-order chi connectivity index (χ1) is 8.86. The highest BCUT2D eigenvalue weighted by molar-refractivity contribution is 5.83. The average Bonchev–Trinajstić information content (AvgIpc) is 2.34. The van der Waals surface area contributed by atoms with Crippen LogP contribution in [0.3, 0.4) is 0 Å². The minimum absolute atomic E-state index is 0.0558. The molecule has 1 aliphatic heterocycles. The average molecular weight is 272 g/mol. The zero-order valence-corrected chi connectivity index (χ0v) is 12.0. The molecule has 19 heavy (non-hydrogen) atoms. The van der Waals surface area contributed by atoms with Gasteiger partial charge in [0.2, 0.25) is 0 Å². The third-order valence-corrected chi connectivity index (χ3v) is 3.63. The molecule has 1 heterocycles. The monoisotopic (exact) mass is 272 g/mol. The molecule has 0 radical (unpaired) electrons. The van der Waals surface area contributed by atoms with Crippen molar-refractivity contribution in [3.63, 3.8) is 0 Å². The lowest BCUT2D eigenvalue weighted by Crippen LogP contribution is -2.55. The first kappa shape index (κ1) is 15.8. The van der Waals surface area contributed by atoms with Crippen molar-refractivity contribution in [3.05, 3.63) is 0 Å². The van der Waals surface area contributed by atoms with E-state index in [9.17, 15) is 9.59 Å². The zero-order valence-electron chi connectivity index (χ0n) is 12.0. The van der Waals surface area contributed by atoms with Crippen LogP contribution >= 0.6 is 0 Å². The fourth-order valence-electron chi connectivity index (χ4n) is 2.37. The van der Waals surface area contributed by atoms with Crippen molar-refractivity contribution >= 4 is 12.0 Å². The Labute approximate surface area is 114 Å². The van der Waals surface area contributed by atoms with Crippen molar-refractivity contribution < 1.29 is 19.4 Å². The van der Waals surface area contributed by atoms with Crippen molar-refractivity contribution in [2.45, 2.75) is 51.8 Å². The predicted molar refractivity (Wildman–Crippen MR) is 71.0 cm³/mol. The number of carbonyl (C=O) groups is 2. The van der Waals surface area contributed by atoms with Gasteiger partial charge in [0.05, 0.1) is 6.10 Å². The maximum absolute atomic E-state index is 12.1. The molecule has 0 aliphatic carbocycles. The summed E-state index contributed by atoms with van der Waals surface area (Å²) in [4.78, 5) is 24.9. The number of carboxylic acid groups (broad SMARTS) is 1. The van der Waals surface area contributed by atoms with E-state index in [4.69, 9.17) is 9.84 Å². The van der Waals surface area contributed by atoms with E-state index in [1.54, 1.807) is 25.9 Å². The van der Waals surface area contributed by atoms with Gasteiger partial charge in [0.1, 0.15) is 6.04 Å². The molecule has 2 unspecified atom stereocenters. The third kappa shape index (κ3) is 4.09. The van der Waals surface area contributed by atoms with Gasteiger partial charge >= 0.3 is 12.0 Å². The first-order valence-corrected chi connectivity index (χ1v) is 6.69. The van der Waals surface area contributed by atoms with E-state index in [2.05, 4.69) is 5.32 Å². The lowest BCUT2D eigenvalue weighted by atomic mass is 10.0. The summed E-state index contributed by atoms with van der Waals surface area (Å²) in [5.74, 6) is -1.14. The Balaban J connectivity index is 2.60. The molecule has 0 aromatic carbocycles. The maximum atomic E-state index is 12.1. The summed E-state index contributed by atoms with van der Waals surface area (Å²) in [5.41, 5.74) is 0. The first-order valence-electron chi connectivity index (χ1n) is 6.69. The van der Waals surface area contributed by atoms with Gasteiger partial charge in [-0.3, -0.25) is 0 Å². The lowest BCUT2D eigenvalue weighted by molar-refractivity contribution is -0.140. The molecular weight excluding hydrogens is 248 g/mol.